The molecule has 0 aromatic carbocycles. The fourth-order valence-corrected chi connectivity index (χ4v) is 3.83. The Morgan fingerprint density at radius 3 is 2.92 bits per heavy atom. The van der Waals surface area contributed by atoms with E-state index in [4.69, 9.17) is 12.2 Å². The highest BCUT2D eigenvalue weighted by Gasteiger charge is 2.57. The summed E-state index contributed by atoms with van der Waals surface area (Å²) >= 11 is 5.19. The molecular formula is C22H31N3S. The number of thiocarbonyl (C=S) groups is 1. The molecule has 140 valence electrons. The smallest absolute Gasteiger partial charge is 0.166 e. The van der Waals surface area contributed by atoms with Crippen molar-refractivity contribution in [3.63, 3.8) is 0 Å². The van der Waals surface area contributed by atoms with Gasteiger partial charge in [0.2, 0.25) is 0 Å². The molecule has 0 heterocycles. The lowest BCUT2D eigenvalue weighted by Crippen LogP contribution is -2.33. The van der Waals surface area contributed by atoms with Gasteiger partial charge in [-0.2, -0.15) is 0 Å². The monoisotopic (exact) mass is 369 g/mol. The highest BCUT2D eigenvalue weighted by Crippen LogP contribution is 2.65. The molecule has 0 amide bonds. The van der Waals surface area contributed by atoms with Gasteiger partial charge in [-0.1, -0.05) is 49.5 Å². The third-order valence-electron chi connectivity index (χ3n) is 5.31. The van der Waals surface area contributed by atoms with Crippen LogP contribution < -0.4 is 10.6 Å². The highest BCUT2D eigenvalue weighted by molar-refractivity contribution is 7.80. The van der Waals surface area contributed by atoms with Crippen molar-refractivity contribution >= 4 is 24.0 Å². The normalized spacial score (nSPS) is 27.8. The standard InChI is InChI=1S/C22H31N3S/c1-5-7-12-20(23-3)22(16-19(22)13-14-25-21(26)24-4)18-11-9-8-10-17(6-2)15-18/h5,7-12,15,17,19H,3,6,13-14,16H2,1-2,4H3,(H2,24,25,26). The third-order valence-corrected chi connectivity index (χ3v) is 5.66. The number of rotatable bonds is 8. The molecule has 0 aromatic heterocycles. The molecule has 1 saturated carbocycles. The van der Waals surface area contributed by atoms with E-state index in [-0.39, 0.29) is 5.41 Å². The quantitative estimate of drug-likeness (QED) is 0.369. The Bertz CT molecular complexity index is 669. The van der Waals surface area contributed by atoms with Gasteiger partial charge >= 0.3 is 0 Å². The van der Waals surface area contributed by atoms with Crippen molar-refractivity contribution < 1.29 is 0 Å². The van der Waals surface area contributed by atoms with Crippen LogP contribution in [-0.2, 0) is 0 Å². The van der Waals surface area contributed by atoms with Crippen molar-refractivity contribution in [3.05, 3.63) is 59.9 Å². The lowest BCUT2D eigenvalue weighted by Gasteiger charge is -2.21. The summed E-state index contributed by atoms with van der Waals surface area (Å²) in [5.74, 6) is 1.02. The molecule has 2 rings (SSSR count). The minimum Gasteiger partial charge on any atom is -0.366 e. The fourth-order valence-electron chi connectivity index (χ4n) is 3.73. The van der Waals surface area contributed by atoms with Gasteiger partial charge in [0.25, 0.3) is 0 Å². The number of aliphatic imine (C=N–C) groups is 1. The maximum atomic E-state index is 5.19. The lowest BCUT2D eigenvalue weighted by atomic mass is 9.85. The van der Waals surface area contributed by atoms with Gasteiger partial charge in [0.15, 0.2) is 5.11 Å². The van der Waals surface area contributed by atoms with Crippen LogP contribution >= 0.6 is 12.2 Å². The molecule has 3 unspecified atom stereocenters. The van der Waals surface area contributed by atoms with Crippen LogP contribution in [0.3, 0.4) is 0 Å². The van der Waals surface area contributed by atoms with E-state index in [2.05, 4.69) is 71.8 Å². The first kappa shape index (κ1) is 20.4. The first-order chi connectivity index (χ1) is 12.6. The lowest BCUT2D eigenvalue weighted by molar-refractivity contribution is 0.575. The van der Waals surface area contributed by atoms with E-state index in [9.17, 15) is 0 Å². The summed E-state index contributed by atoms with van der Waals surface area (Å²) in [7, 11) is 1.84. The Labute approximate surface area is 163 Å². The van der Waals surface area contributed by atoms with Crippen LogP contribution in [0.25, 0.3) is 0 Å². The van der Waals surface area contributed by atoms with E-state index in [0.717, 1.165) is 31.5 Å². The van der Waals surface area contributed by atoms with Crippen molar-refractivity contribution in [2.24, 2.45) is 22.2 Å². The first-order valence-electron chi connectivity index (χ1n) is 9.45. The molecule has 2 aliphatic rings. The van der Waals surface area contributed by atoms with E-state index in [1.165, 1.54) is 5.57 Å². The molecule has 1 fully saturated rings. The highest BCUT2D eigenvalue weighted by atomic mass is 32.1. The summed E-state index contributed by atoms with van der Waals surface area (Å²) in [5, 5.41) is 6.94. The van der Waals surface area contributed by atoms with Gasteiger partial charge in [-0.05, 0) is 68.6 Å². The van der Waals surface area contributed by atoms with Crippen LogP contribution in [0.2, 0.25) is 0 Å². The van der Waals surface area contributed by atoms with Gasteiger partial charge in [0.05, 0.1) is 5.70 Å². The largest absolute Gasteiger partial charge is 0.366 e. The van der Waals surface area contributed by atoms with Crippen LogP contribution in [0, 0.1) is 17.3 Å². The number of allylic oxidation sites excluding steroid dienone is 9. The summed E-state index contributed by atoms with van der Waals surface area (Å²) in [6, 6.07) is 0. The van der Waals surface area contributed by atoms with E-state index in [1.807, 2.05) is 20.0 Å². The second-order valence-electron chi connectivity index (χ2n) is 6.84. The molecule has 3 nitrogen and oxygen atoms in total. The van der Waals surface area contributed by atoms with E-state index >= 15 is 0 Å². The number of nitrogens with one attached hydrogen (secondary N) is 2. The first-order valence-corrected chi connectivity index (χ1v) is 9.86. The SMILES string of the molecule is C=NC(=CC=CC)C1(C2=CC(CC)C=CC=C2)CC1CCNC(=S)NC. The van der Waals surface area contributed by atoms with Crippen molar-refractivity contribution in [1.29, 1.82) is 0 Å². The number of nitrogens with zero attached hydrogens (tertiary/aromatic N) is 1. The molecule has 0 saturated heterocycles. The molecular weight excluding hydrogens is 338 g/mol. The van der Waals surface area contributed by atoms with Crippen LogP contribution in [0.15, 0.2) is 64.9 Å². The molecule has 26 heavy (non-hydrogen) atoms. The molecule has 0 aromatic rings. The van der Waals surface area contributed by atoms with Crippen LogP contribution in [0.5, 0.6) is 0 Å². The molecule has 4 heteroatoms. The van der Waals surface area contributed by atoms with Crippen molar-refractivity contribution in [2.75, 3.05) is 13.6 Å². The van der Waals surface area contributed by atoms with Gasteiger partial charge in [0.1, 0.15) is 0 Å². The summed E-state index contributed by atoms with van der Waals surface area (Å²) < 4.78 is 0. The van der Waals surface area contributed by atoms with Crippen molar-refractivity contribution in [1.82, 2.24) is 10.6 Å². The topological polar surface area (TPSA) is 36.4 Å². The van der Waals surface area contributed by atoms with E-state index in [1.54, 1.807) is 0 Å². The van der Waals surface area contributed by atoms with E-state index < -0.39 is 0 Å². The zero-order valence-corrected chi connectivity index (χ0v) is 17.0. The minimum atomic E-state index is -0.0276. The Kier molecular flexibility index (Phi) is 7.58. The average Bonchev–Trinajstić information content (AvgIpc) is 3.41. The molecule has 0 bridgehead atoms. The van der Waals surface area contributed by atoms with Gasteiger partial charge < -0.3 is 10.6 Å². The number of hydrogen-bond donors (Lipinski definition) is 2. The maximum absolute atomic E-state index is 5.19. The predicted molar refractivity (Wildman–Crippen MR) is 117 cm³/mol. The Morgan fingerprint density at radius 1 is 1.46 bits per heavy atom. The second kappa shape index (κ2) is 9.67. The third kappa shape index (κ3) is 4.61. The summed E-state index contributed by atoms with van der Waals surface area (Å²) in [5.41, 5.74) is 2.42. The van der Waals surface area contributed by atoms with Gasteiger partial charge in [0, 0.05) is 19.0 Å². The zero-order chi connectivity index (χ0) is 19.0. The molecule has 0 aliphatic heterocycles. The fraction of sp³-hybridized carbons (Fsp3) is 0.455. The summed E-state index contributed by atoms with van der Waals surface area (Å²) in [4.78, 5) is 4.43. The second-order valence-corrected chi connectivity index (χ2v) is 7.25. The van der Waals surface area contributed by atoms with Crippen LogP contribution in [0.4, 0.5) is 0 Å². The molecule has 2 aliphatic carbocycles. The average molecular weight is 370 g/mol. The maximum Gasteiger partial charge on any atom is 0.166 e. The van der Waals surface area contributed by atoms with Gasteiger partial charge in [-0.15, -0.1) is 0 Å². The van der Waals surface area contributed by atoms with Crippen LogP contribution in [0.1, 0.15) is 33.1 Å². The van der Waals surface area contributed by atoms with Gasteiger partial charge in [-0.3, -0.25) is 4.99 Å². The summed E-state index contributed by atoms with van der Waals surface area (Å²) in [6.45, 7) is 9.00. The van der Waals surface area contributed by atoms with Crippen molar-refractivity contribution in [3.8, 4) is 0 Å². The Hall–Kier alpha value is -1.94. The minimum absolute atomic E-state index is 0.0276. The van der Waals surface area contributed by atoms with Gasteiger partial charge in [-0.25, -0.2) is 0 Å². The Morgan fingerprint density at radius 2 is 2.27 bits per heavy atom. The number of hydrogen-bond acceptors (Lipinski definition) is 2. The molecule has 0 spiro atoms. The van der Waals surface area contributed by atoms with Crippen LogP contribution in [-0.4, -0.2) is 25.4 Å². The Balaban J connectivity index is 2.28. The predicted octanol–water partition coefficient (Wildman–Crippen LogP) is 4.72. The molecule has 3 atom stereocenters. The summed E-state index contributed by atoms with van der Waals surface area (Å²) in [6.07, 6.45) is 20.8. The molecule has 2 N–H and O–H groups in total. The van der Waals surface area contributed by atoms with E-state index in [0.29, 0.717) is 16.9 Å². The van der Waals surface area contributed by atoms with Crippen molar-refractivity contribution in [2.45, 2.75) is 33.1 Å². The molecule has 0 radical (unpaired) electrons. The zero-order valence-electron chi connectivity index (χ0n) is 16.2.